The minimum atomic E-state index is 0.768. The number of hydrogen-bond acceptors (Lipinski definition) is 1. The first kappa shape index (κ1) is 13.6. The number of hydrogen-bond donors (Lipinski definition) is 0. The standard InChI is InChI=1S/C15H28O/c1-12(2)14(4)13(3)10-11-16-15-8-6-5-7-9-15/h8,12-14H,5-7,9-11H2,1-4H3. The third kappa shape index (κ3) is 4.59. The molecule has 0 N–H and O–H groups in total. The van der Waals surface area contributed by atoms with E-state index in [9.17, 15) is 0 Å². The van der Waals surface area contributed by atoms with Crippen molar-refractivity contribution in [2.45, 2.75) is 59.8 Å². The van der Waals surface area contributed by atoms with Crippen LogP contribution in [0.1, 0.15) is 59.8 Å². The van der Waals surface area contributed by atoms with E-state index in [0.717, 1.165) is 30.8 Å². The Kier molecular flexibility index (Phi) is 5.94. The summed E-state index contributed by atoms with van der Waals surface area (Å²) in [6.45, 7) is 10.2. The van der Waals surface area contributed by atoms with Crippen LogP contribution in [0, 0.1) is 17.8 Å². The highest BCUT2D eigenvalue weighted by Crippen LogP contribution is 2.24. The summed E-state index contributed by atoms with van der Waals surface area (Å²) in [5, 5.41) is 0. The Labute approximate surface area is 101 Å². The number of rotatable bonds is 6. The molecule has 0 aromatic carbocycles. The second kappa shape index (κ2) is 6.98. The molecule has 94 valence electrons. The summed E-state index contributed by atoms with van der Waals surface area (Å²) in [6, 6.07) is 0. The largest absolute Gasteiger partial charge is 0.498 e. The van der Waals surface area contributed by atoms with Crippen molar-refractivity contribution >= 4 is 0 Å². The fourth-order valence-electron chi connectivity index (χ4n) is 2.24. The van der Waals surface area contributed by atoms with Crippen molar-refractivity contribution in [1.29, 1.82) is 0 Å². The van der Waals surface area contributed by atoms with Gasteiger partial charge in [0.25, 0.3) is 0 Å². The fourth-order valence-corrected chi connectivity index (χ4v) is 2.24. The molecular formula is C15H28O. The molecule has 0 aromatic rings. The van der Waals surface area contributed by atoms with Crippen LogP contribution in [0.3, 0.4) is 0 Å². The topological polar surface area (TPSA) is 9.23 Å². The SMILES string of the molecule is CC(C)C(C)C(C)CCOC1=CCCCC1. The average Bonchev–Trinajstić information content (AvgIpc) is 2.29. The molecule has 1 rings (SSSR count). The molecule has 1 heteroatoms. The first-order valence-corrected chi connectivity index (χ1v) is 6.93. The average molecular weight is 224 g/mol. The predicted molar refractivity (Wildman–Crippen MR) is 70.3 cm³/mol. The lowest BCUT2D eigenvalue weighted by molar-refractivity contribution is 0.157. The molecule has 0 bridgehead atoms. The van der Waals surface area contributed by atoms with Gasteiger partial charge in [0.15, 0.2) is 0 Å². The van der Waals surface area contributed by atoms with Gasteiger partial charge >= 0.3 is 0 Å². The maximum atomic E-state index is 5.84. The van der Waals surface area contributed by atoms with Gasteiger partial charge in [0.05, 0.1) is 12.4 Å². The highest BCUT2D eigenvalue weighted by molar-refractivity contribution is 4.96. The van der Waals surface area contributed by atoms with E-state index in [2.05, 4.69) is 33.8 Å². The fraction of sp³-hybridized carbons (Fsp3) is 0.867. The smallest absolute Gasteiger partial charge is 0.0919 e. The lowest BCUT2D eigenvalue weighted by Gasteiger charge is -2.24. The van der Waals surface area contributed by atoms with Crippen LogP contribution in [-0.4, -0.2) is 6.61 Å². The summed E-state index contributed by atoms with van der Waals surface area (Å²) in [4.78, 5) is 0. The molecule has 0 spiro atoms. The predicted octanol–water partition coefficient (Wildman–Crippen LogP) is 4.78. The van der Waals surface area contributed by atoms with Gasteiger partial charge in [0.2, 0.25) is 0 Å². The molecule has 0 radical (unpaired) electrons. The van der Waals surface area contributed by atoms with E-state index >= 15 is 0 Å². The van der Waals surface area contributed by atoms with Gasteiger partial charge in [-0.15, -0.1) is 0 Å². The molecular weight excluding hydrogens is 196 g/mol. The Bertz CT molecular complexity index is 217. The molecule has 1 nitrogen and oxygen atoms in total. The molecule has 0 heterocycles. The van der Waals surface area contributed by atoms with Crippen molar-refractivity contribution in [3.63, 3.8) is 0 Å². The maximum absolute atomic E-state index is 5.84. The lowest BCUT2D eigenvalue weighted by atomic mass is 9.84. The Morgan fingerprint density at radius 2 is 1.94 bits per heavy atom. The second-order valence-corrected chi connectivity index (χ2v) is 5.63. The molecule has 0 aromatic heterocycles. The Morgan fingerprint density at radius 3 is 2.50 bits per heavy atom. The minimum Gasteiger partial charge on any atom is -0.498 e. The van der Waals surface area contributed by atoms with Crippen LogP contribution in [0.25, 0.3) is 0 Å². The summed E-state index contributed by atoms with van der Waals surface area (Å²) in [7, 11) is 0. The Hall–Kier alpha value is -0.460. The number of ether oxygens (including phenoxy) is 1. The van der Waals surface area contributed by atoms with E-state index in [0.29, 0.717) is 0 Å². The van der Waals surface area contributed by atoms with Gasteiger partial charge in [0.1, 0.15) is 0 Å². The quantitative estimate of drug-likeness (QED) is 0.631. The molecule has 1 aliphatic rings. The van der Waals surface area contributed by atoms with Gasteiger partial charge in [-0.1, -0.05) is 27.7 Å². The number of allylic oxidation sites excluding steroid dienone is 2. The van der Waals surface area contributed by atoms with Crippen molar-refractivity contribution < 1.29 is 4.74 Å². The summed E-state index contributed by atoms with van der Waals surface area (Å²) in [5.41, 5.74) is 0. The van der Waals surface area contributed by atoms with Gasteiger partial charge < -0.3 is 4.74 Å². The summed E-state index contributed by atoms with van der Waals surface area (Å²) < 4.78 is 5.84. The first-order chi connectivity index (χ1) is 7.61. The van der Waals surface area contributed by atoms with Gasteiger partial charge in [0, 0.05) is 6.42 Å². The van der Waals surface area contributed by atoms with Crippen molar-refractivity contribution in [1.82, 2.24) is 0 Å². The summed E-state index contributed by atoms with van der Waals surface area (Å²) >= 11 is 0. The molecule has 0 saturated heterocycles. The van der Waals surface area contributed by atoms with Gasteiger partial charge in [-0.2, -0.15) is 0 Å². The van der Waals surface area contributed by atoms with Gasteiger partial charge in [-0.05, 0) is 49.5 Å². The zero-order valence-corrected chi connectivity index (χ0v) is 11.5. The molecule has 0 fully saturated rings. The molecule has 0 saturated carbocycles. The molecule has 1 aliphatic carbocycles. The molecule has 0 aliphatic heterocycles. The molecule has 0 amide bonds. The summed E-state index contributed by atoms with van der Waals surface area (Å²) in [6.07, 6.45) is 8.50. The second-order valence-electron chi connectivity index (χ2n) is 5.63. The Balaban J connectivity index is 2.17. The van der Waals surface area contributed by atoms with Crippen LogP contribution in [0.15, 0.2) is 11.8 Å². The monoisotopic (exact) mass is 224 g/mol. The molecule has 2 atom stereocenters. The van der Waals surface area contributed by atoms with Crippen LogP contribution in [0.5, 0.6) is 0 Å². The van der Waals surface area contributed by atoms with E-state index < -0.39 is 0 Å². The van der Waals surface area contributed by atoms with Crippen LogP contribution in [-0.2, 0) is 4.74 Å². The molecule has 2 unspecified atom stereocenters. The first-order valence-electron chi connectivity index (χ1n) is 6.93. The van der Waals surface area contributed by atoms with Crippen molar-refractivity contribution in [3.8, 4) is 0 Å². The third-order valence-electron chi connectivity index (χ3n) is 4.06. The van der Waals surface area contributed by atoms with Crippen LogP contribution < -0.4 is 0 Å². The van der Waals surface area contributed by atoms with Crippen molar-refractivity contribution in [3.05, 3.63) is 11.8 Å². The zero-order chi connectivity index (χ0) is 12.0. The maximum Gasteiger partial charge on any atom is 0.0919 e. The normalized spacial score (nSPS) is 20.4. The van der Waals surface area contributed by atoms with E-state index in [4.69, 9.17) is 4.74 Å². The van der Waals surface area contributed by atoms with Crippen LogP contribution in [0.2, 0.25) is 0 Å². The van der Waals surface area contributed by atoms with Crippen LogP contribution in [0.4, 0.5) is 0 Å². The Morgan fingerprint density at radius 1 is 1.19 bits per heavy atom. The van der Waals surface area contributed by atoms with Gasteiger partial charge in [-0.25, -0.2) is 0 Å². The summed E-state index contributed by atoms with van der Waals surface area (Å²) in [5.74, 6) is 3.59. The zero-order valence-electron chi connectivity index (χ0n) is 11.5. The van der Waals surface area contributed by atoms with Crippen molar-refractivity contribution in [2.24, 2.45) is 17.8 Å². The van der Waals surface area contributed by atoms with Crippen LogP contribution >= 0.6 is 0 Å². The van der Waals surface area contributed by atoms with E-state index in [1.807, 2.05) is 0 Å². The van der Waals surface area contributed by atoms with Crippen molar-refractivity contribution in [2.75, 3.05) is 6.61 Å². The highest BCUT2D eigenvalue weighted by Gasteiger charge is 2.15. The van der Waals surface area contributed by atoms with Gasteiger partial charge in [-0.3, -0.25) is 0 Å². The van der Waals surface area contributed by atoms with E-state index in [1.165, 1.54) is 31.4 Å². The minimum absolute atomic E-state index is 0.768. The van der Waals surface area contributed by atoms with E-state index in [-0.39, 0.29) is 0 Å². The third-order valence-corrected chi connectivity index (χ3v) is 4.06. The lowest BCUT2D eigenvalue weighted by Crippen LogP contribution is -2.16. The molecule has 16 heavy (non-hydrogen) atoms. The highest BCUT2D eigenvalue weighted by atomic mass is 16.5. The van der Waals surface area contributed by atoms with E-state index in [1.54, 1.807) is 0 Å².